The van der Waals surface area contributed by atoms with Crippen LogP contribution >= 0.6 is 0 Å². The normalized spacial score (nSPS) is 26.5. The van der Waals surface area contributed by atoms with Gasteiger partial charge in [0.2, 0.25) is 0 Å². The molecule has 0 amide bonds. The Kier molecular flexibility index (Phi) is 4.58. The average molecular weight is 213 g/mol. The van der Waals surface area contributed by atoms with E-state index in [9.17, 15) is 4.79 Å². The van der Waals surface area contributed by atoms with Crippen LogP contribution < -0.4 is 0 Å². The molecule has 0 aliphatic heterocycles. The second-order valence-electron chi connectivity index (χ2n) is 5.11. The molecule has 0 aromatic heterocycles. The smallest absolute Gasteiger partial charge is 0.308 e. The molecular formula is C12H23NO2. The number of carboxylic acid groups (broad SMARTS) is 1. The van der Waals surface area contributed by atoms with Crippen LogP contribution in [-0.4, -0.2) is 35.6 Å². The predicted octanol–water partition coefficient (Wildman–Crippen LogP) is 2.22. The van der Waals surface area contributed by atoms with Gasteiger partial charge in [-0.05, 0) is 38.8 Å². The van der Waals surface area contributed by atoms with Crippen LogP contribution in [0.3, 0.4) is 0 Å². The van der Waals surface area contributed by atoms with E-state index in [0.29, 0.717) is 5.92 Å². The third-order valence-corrected chi connectivity index (χ3v) is 3.42. The molecule has 0 spiro atoms. The fraction of sp³-hybridized carbons (Fsp3) is 0.917. The first-order valence-corrected chi connectivity index (χ1v) is 5.95. The van der Waals surface area contributed by atoms with Crippen molar-refractivity contribution in [2.75, 3.05) is 13.6 Å². The minimum Gasteiger partial charge on any atom is -0.481 e. The molecule has 1 fully saturated rings. The Hall–Kier alpha value is -0.570. The zero-order valence-corrected chi connectivity index (χ0v) is 10.1. The third kappa shape index (κ3) is 3.49. The molecule has 88 valence electrons. The highest BCUT2D eigenvalue weighted by molar-refractivity contribution is 5.71. The quantitative estimate of drug-likeness (QED) is 0.761. The molecule has 2 unspecified atom stereocenters. The fourth-order valence-corrected chi connectivity index (χ4v) is 2.38. The van der Waals surface area contributed by atoms with Crippen molar-refractivity contribution in [1.82, 2.24) is 4.90 Å². The van der Waals surface area contributed by atoms with E-state index in [1.165, 1.54) is 0 Å². The largest absolute Gasteiger partial charge is 0.481 e. The molecule has 1 aliphatic carbocycles. The van der Waals surface area contributed by atoms with Gasteiger partial charge in [0.1, 0.15) is 0 Å². The van der Waals surface area contributed by atoms with Crippen LogP contribution in [-0.2, 0) is 4.79 Å². The second-order valence-corrected chi connectivity index (χ2v) is 5.11. The van der Waals surface area contributed by atoms with E-state index in [-0.39, 0.29) is 12.0 Å². The summed E-state index contributed by atoms with van der Waals surface area (Å²) in [5.74, 6) is -0.0619. The van der Waals surface area contributed by atoms with Crippen molar-refractivity contribution in [3.8, 4) is 0 Å². The summed E-state index contributed by atoms with van der Waals surface area (Å²) in [6.45, 7) is 5.43. The fourth-order valence-electron chi connectivity index (χ4n) is 2.38. The van der Waals surface area contributed by atoms with Crippen molar-refractivity contribution in [2.45, 2.75) is 45.6 Å². The molecule has 3 heteroatoms. The van der Waals surface area contributed by atoms with Gasteiger partial charge in [-0.1, -0.05) is 20.3 Å². The molecule has 1 rings (SSSR count). The Balaban J connectivity index is 2.43. The van der Waals surface area contributed by atoms with Crippen molar-refractivity contribution < 1.29 is 9.90 Å². The first kappa shape index (κ1) is 12.5. The third-order valence-electron chi connectivity index (χ3n) is 3.42. The standard InChI is InChI=1S/C12H23NO2/c1-9(2)7-8-13(3)11-6-4-5-10(11)12(14)15/h9-11H,4-8H2,1-3H3,(H,14,15). The molecule has 1 saturated carbocycles. The van der Waals surface area contributed by atoms with Gasteiger partial charge < -0.3 is 10.0 Å². The first-order valence-electron chi connectivity index (χ1n) is 5.95. The Bertz CT molecular complexity index is 216. The minimum atomic E-state index is -0.617. The van der Waals surface area contributed by atoms with Crippen molar-refractivity contribution in [3.63, 3.8) is 0 Å². The van der Waals surface area contributed by atoms with E-state index >= 15 is 0 Å². The minimum absolute atomic E-state index is 0.137. The van der Waals surface area contributed by atoms with E-state index in [4.69, 9.17) is 5.11 Å². The van der Waals surface area contributed by atoms with E-state index in [2.05, 4.69) is 25.8 Å². The molecule has 0 aromatic rings. The summed E-state index contributed by atoms with van der Waals surface area (Å²) < 4.78 is 0. The molecule has 0 heterocycles. The number of aliphatic carboxylic acids is 1. The lowest BCUT2D eigenvalue weighted by Gasteiger charge is -2.28. The van der Waals surface area contributed by atoms with Crippen LogP contribution in [0.25, 0.3) is 0 Å². The summed E-state index contributed by atoms with van der Waals surface area (Å²) in [7, 11) is 2.06. The van der Waals surface area contributed by atoms with E-state index < -0.39 is 5.97 Å². The summed E-state index contributed by atoms with van der Waals surface area (Å²) in [6.07, 6.45) is 4.12. The number of rotatable bonds is 5. The van der Waals surface area contributed by atoms with Crippen LogP contribution in [0.5, 0.6) is 0 Å². The maximum Gasteiger partial charge on any atom is 0.308 e. The summed E-state index contributed by atoms with van der Waals surface area (Å²) in [5.41, 5.74) is 0. The summed E-state index contributed by atoms with van der Waals surface area (Å²) in [6, 6.07) is 0.265. The number of carbonyl (C=O) groups is 1. The van der Waals surface area contributed by atoms with Crippen LogP contribution in [0, 0.1) is 11.8 Å². The lowest BCUT2D eigenvalue weighted by molar-refractivity contribution is -0.143. The lowest BCUT2D eigenvalue weighted by atomic mass is 10.0. The molecule has 0 aromatic carbocycles. The van der Waals surface area contributed by atoms with Crippen molar-refractivity contribution in [3.05, 3.63) is 0 Å². The van der Waals surface area contributed by atoms with Gasteiger partial charge in [0.05, 0.1) is 5.92 Å². The monoisotopic (exact) mass is 213 g/mol. The molecular weight excluding hydrogens is 190 g/mol. The van der Waals surface area contributed by atoms with Crippen molar-refractivity contribution in [1.29, 1.82) is 0 Å². The highest BCUT2D eigenvalue weighted by Gasteiger charge is 2.35. The van der Waals surface area contributed by atoms with Crippen LogP contribution in [0.1, 0.15) is 39.5 Å². The lowest BCUT2D eigenvalue weighted by Crippen LogP contribution is -2.38. The van der Waals surface area contributed by atoms with Gasteiger partial charge >= 0.3 is 5.97 Å². The number of hydrogen-bond donors (Lipinski definition) is 1. The molecule has 2 atom stereocenters. The molecule has 3 nitrogen and oxygen atoms in total. The van der Waals surface area contributed by atoms with Crippen molar-refractivity contribution >= 4 is 5.97 Å². The van der Waals surface area contributed by atoms with Crippen molar-refractivity contribution in [2.24, 2.45) is 11.8 Å². The highest BCUT2D eigenvalue weighted by atomic mass is 16.4. The summed E-state index contributed by atoms with van der Waals surface area (Å²) in [4.78, 5) is 13.3. The van der Waals surface area contributed by atoms with Crippen LogP contribution in [0.4, 0.5) is 0 Å². The zero-order valence-electron chi connectivity index (χ0n) is 10.1. The van der Waals surface area contributed by atoms with Gasteiger partial charge in [0, 0.05) is 6.04 Å². The Morgan fingerprint density at radius 1 is 1.47 bits per heavy atom. The van der Waals surface area contributed by atoms with Gasteiger partial charge in [-0.2, -0.15) is 0 Å². The van der Waals surface area contributed by atoms with Gasteiger partial charge in [-0.25, -0.2) is 0 Å². The van der Waals surface area contributed by atoms with E-state index in [0.717, 1.165) is 32.2 Å². The first-order chi connectivity index (χ1) is 7.02. The maximum atomic E-state index is 11.0. The molecule has 1 aliphatic rings. The Labute approximate surface area is 92.5 Å². The number of carboxylic acids is 1. The molecule has 0 saturated heterocycles. The van der Waals surface area contributed by atoms with E-state index in [1.54, 1.807) is 0 Å². The zero-order chi connectivity index (χ0) is 11.4. The molecule has 0 radical (unpaired) electrons. The van der Waals surface area contributed by atoms with Gasteiger partial charge in [0.15, 0.2) is 0 Å². The number of nitrogens with zero attached hydrogens (tertiary/aromatic N) is 1. The topological polar surface area (TPSA) is 40.5 Å². The van der Waals surface area contributed by atoms with Crippen LogP contribution in [0.15, 0.2) is 0 Å². The Morgan fingerprint density at radius 2 is 2.13 bits per heavy atom. The number of hydrogen-bond acceptors (Lipinski definition) is 2. The maximum absolute atomic E-state index is 11.0. The molecule has 15 heavy (non-hydrogen) atoms. The molecule has 1 N–H and O–H groups in total. The Morgan fingerprint density at radius 3 is 2.67 bits per heavy atom. The van der Waals surface area contributed by atoms with Gasteiger partial charge in [0.25, 0.3) is 0 Å². The van der Waals surface area contributed by atoms with Gasteiger partial charge in [-0.3, -0.25) is 4.79 Å². The van der Waals surface area contributed by atoms with Gasteiger partial charge in [-0.15, -0.1) is 0 Å². The highest BCUT2D eigenvalue weighted by Crippen LogP contribution is 2.29. The molecule has 0 bridgehead atoms. The SMILES string of the molecule is CC(C)CCN(C)C1CCCC1C(=O)O. The van der Waals surface area contributed by atoms with E-state index in [1.807, 2.05) is 0 Å². The summed E-state index contributed by atoms with van der Waals surface area (Å²) in [5, 5.41) is 9.08. The predicted molar refractivity (Wildman–Crippen MR) is 60.8 cm³/mol. The summed E-state index contributed by atoms with van der Waals surface area (Å²) >= 11 is 0. The second kappa shape index (κ2) is 5.50. The van der Waals surface area contributed by atoms with Crippen LogP contribution in [0.2, 0.25) is 0 Å². The average Bonchev–Trinajstić information content (AvgIpc) is 2.62.